The molecule has 0 spiro atoms. The highest BCUT2D eigenvalue weighted by molar-refractivity contribution is 7.30. The van der Waals surface area contributed by atoms with Crippen LogP contribution in [0.5, 0.6) is 5.75 Å². The van der Waals surface area contributed by atoms with Crippen molar-refractivity contribution in [3.05, 3.63) is 79.9 Å². The second-order valence-corrected chi connectivity index (χ2v) is 12.8. The molecular weight excluding hydrogens is 661 g/mol. The fraction of sp³-hybridized carbons (Fsp3) is 0.361. The molecule has 0 aliphatic carbocycles. The molecule has 0 aliphatic heterocycles. The third-order valence-electron chi connectivity index (χ3n) is 7.25. The van der Waals surface area contributed by atoms with Gasteiger partial charge in [-0.2, -0.15) is 0 Å². The Morgan fingerprint density at radius 3 is 1.98 bits per heavy atom. The zero-order valence-corrected chi connectivity index (χ0v) is 29.4. The number of likely N-dealkylation sites (N-methyl/N-ethyl adjacent to an activating group) is 1. The van der Waals surface area contributed by atoms with Crippen molar-refractivity contribution in [3.8, 4) is 5.75 Å². The van der Waals surface area contributed by atoms with Crippen molar-refractivity contribution in [2.24, 2.45) is 20.5 Å². The summed E-state index contributed by atoms with van der Waals surface area (Å²) in [5, 5.41) is 18.8. The van der Waals surface area contributed by atoms with E-state index in [1.807, 2.05) is 61.5 Å². The number of hydrogen-bond acceptors (Lipinski definition) is 13. The van der Waals surface area contributed by atoms with E-state index < -0.39 is 5.97 Å². The summed E-state index contributed by atoms with van der Waals surface area (Å²) in [7, 11) is 0. The molecule has 4 rings (SSSR count). The Hall–Kier alpha value is -4.75. The highest BCUT2D eigenvalue weighted by Gasteiger charge is 2.09. The van der Waals surface area contributed by atoms with Crippen LogP contribution in [0.1, 0.15) is 51.9 Å². The van der Waals surface area contributed by atoms with Gasteiger partial charge in [0, 0.05) is 24.4 Å². The SMILES string of the molecule is C=CC(=O)OCCCCCCCCCOc1ccc(/N=N/c2cc3sc(/N=N/c4ccc(N(CC)CCOC(=O)C=C)cc4)nc3s2)cc1. The van der Waals surface area contributed by atoms with E-state index in [1.54, 1.807) is 0 Å². The molecule has 0 unspecified atom stereocenters. The van der Waals surface area contributed by atoms with Crippen molar-refractivity contribution < 1.29 is 23.8 Å². The van der Waals surface area contributed by atoms with Crippen LogP contribution in [0.15, 0.2) is 100 Å². The summed E-state index contributed by atoms with van der Waals surface area (Å²) >= 11 is 2.91. The Bertz CT molecular complexity index is 1670. The number of unbranched alkanes of at least 4 members (excludes halogenated alkanes) is 6. The van der Waals surface area contributed by atoms with Crippen LogP contribution in [0.25, 0.3) is 9.53 Å². The lowest BCUT2D eigenvalue weighted by atomic mass is 10.1. The third-order valence-corrected chi connectivity index (χ3v) is 9.18. The number of anilines is 1. The van der Waals surface area contributed by atoms with E-state index in [0.29, 0.717) is 30.6 Å². The molecule has 0 amide bonds. The minimum absolute atomic E-state index is 0.289. The summed E-state index contributed by atoms with van der Waals surface area (Å²) in [6, 6.07) is 17.3. The minimum atomic E-state index is -0.423. The maximum atomic E-state index is 11.3. The molecule has 13 heteroatoms. The number of benzene rings is 2. The van der Waals surface area contributed by atoms with Crippen LogP contribution in [-0.4, -0.2) is 49.8 Å². The molecule has 258 valence electrons. The lowest BCUT2D eigenvalue weighted by molar-refractivity contribution is -0.138. The molecule has 0 N–H and O–H groups in total. The normalized spacial score (nSPS) is 11.3. The van der Waals surface area contributed by atoms with Crippen LogP contribution < -0.4 is 9.64 Å². The predicted molar refractivity (Wildman–Crippen MR) is 197 cm³/mol. The van der Waals surface area contributed by atoms with E-state index in [4.69, 9.17) is 14.2 Å². The van der Waals surface area contributed by atoms with Gasteiger partial charge >= 0.3 is 11.9 Å². The van der Waals surface area contributed by atoms with Gasteiger partial charge < -0.3 is 19.1 Å². The van der Waals surface area contributed by atoms with E-state index in [2.05, 4.69) is 43.5 Å². The molecular formula is C36H42N6O5S2. The van der Waals surface area contributed by atoms with Crippen LogP contribution in [0.2, 0.25) is 0 Å². The molecule has 2 aromatic carbocycles. The number of aromatic nitrogens is 1. The minimum Gasteiger partial charge on any atom is -0.494 e. The smallest absolute Gasteiger partial charge is 0.330 e. The number of thiazole rings is 1. The second kappa shape index (κ2) is 20.6. The van der Waals surface area contributed by atoms with Crippen molar-refractivity contribution in [1.29, 1.82) is 0 Å². The molecule has 4 aromatic rings. The Balaban J connectivity index is 1.15. The fourth-order valence-electron chi connectivity index (χ4n) is 4.65. The van der Waals surface area contributed by atoms with Crippen molar-refractivity contribution in [3.63, 3.8) is 0 Å². The lowest BCUT2D eigenvalue weighted by Crippen LogP contribution is -2.27. The Labute approximate surface area is 295 Å². The zero-order valence-electron chi connectivity index (χ0n) is 27.8. The van der Waals surface area contributed by atoms with Crippen molar-refractivity contribution in [2.45, 2.75) is 51.9 Å². The first-order valence-electron chi connectivity index (χ1n) is 16.4. The van der Waals surface area contributed by atoms with Gasteiger partial charge in [0.2, 0.25) is 5.13 Å². The Kier molecular flexibility index (Phi) is 15.6. The van der Waals surface area contributed by atoms with Crippen molar-refractivity contribution >= 4 is 71.3 Å². The topological polar surface area (TPSA) is 127 Å². The summed E-state index contributed by atoms with van der Waals surface area (Å²) in [6.07, 6.45) is 9.95. The fourth-order valence-corrected chi connectivity index (χ4v) is 6.49. The maximum absolute atomic E-state index is 11.3. The molecule has 2 aromatic heterocycles. The molecule has 0 fully saturated rings. The van der Waals surface area contributed by atoms with Crippen LogP contribution in [0.3, 0.4) is 0 Å². The van der Waals surface area contributed by atoms with Gasteiger partial charge in [0.1, 0.15) is 22.2 Å². The quantitative estimate of drug-likeness (QED) is 0.0345. The first kappa shape index (κ1) is 37.1. The van der Waals surface area contributed by atoms with Crippen LogP contribution in [-0.2, 0) is 19.1 Å². The summed E-state index contributed by atoms with van der Waals surface area (Å²) in [6.45, 7) is 11.6. The lowest BCUT2D eigenvalue weighted by Gasteiger charge is -2.22. The van der Waals surface area contributed by atoms with Crippen LogP contribution in [0.4, 0.5) is 27.2 Å². The van der Waals surface area contributed by atoms with Gasteiger partial charge in [-0.25, -0.2) is 14.6 Å². The van der Waals surface area contributed by atoms with Crippen LogP contribution in [0, 0.1) is 0 Å². The number of nitrogens with zero attached hydrogens (tertiary/aromatic N) is 6. The molecule has 0 bridgehead atoms. The summed E-state index contributed by atoms with van der Waals surface area (Å²) < 4.78 is 16.9. The molecule has 0 aliphatic rings. The summed E-state index contributed by atoms with van der Waals surface area (Å²) in [4.78, 5) is 29.8. The zero-order chi connectivity index (χ0) is 34.7. The van der Waals surface area contributed by atoms with E-state index in [-0.39, 0.29) is 12.6 Å². The third kappa shape index (κ3) is 13.0. The Morgan fingerprint density at radius 1 is 0.755 bits per heavy atom. The number of azo groups is 2. The average molecular weight is 703 g/mol. The summed E-state index contributed by atoms with van der Waals surface area (Å²) in [5.74, 6) is 0.0434. The van der Waals surface area contributed by atoms with E-state index in [9.17, 15) is 9.59 Å². The number of hydrogen-bond donors (Lipinski definition) is 0. The maximum Gasteiger partial charge on any atom is 0.330 e. The van der Waals surface area contributed by atoms with Crippen molar-refractivity contribution in [2.75, 3.05) is 37.8 Å². The van der Waals surface area contributed by atoms with Gasteiger partial charge in [0.25, 0.3) is 0 Å². The monoisotopic (exact) mass is 702 g/mol. The van der Waals surface area contributed by atoms with Gasteiger partial charge in [0.05, 0.1) is 35.8 Å². The standard InChI is InChI=1S/C36H42N6O5S2/c1-4-33(43)46-24-13-11-9-7-8-10-12-23-45-30-20-16-28(17-21-30)38-40-32-26-31-35(49-32)37-36(48-31)41-39-27-14-18-29(19-15-27)42(6-3)22-25-47-34(44)5-2/h4-5,14-21,26H,1-2,6-13,22-25H2,3H3/b40-38+,41-39+. The van der Waals surface area contributed by atoms with Gasteiger partial charge in [-0.1, -0.05) is 67.9 Å². The predicted octanol–water partition coefficient (Wildman–Crippen LogP) is 10.6. The van der Waals surface area contributed by atoms with Gasteiger partial charge in [0.15, 0.2) is 0 Å². The molecule has 0 saturated heterocycles. The average Bonchev–Trinajstić information content (AvgIpc) is 3.70. The molecule has 0 saturated carbocycles. The molecule has 0 atom stereocenters. The largest absolute Gasteiger partial charge is 0.494 e. The first-order chi connectivity index (χ1) is 24.0. The van der Waals surface area contributed by atoms with E-state index in [0.717, 1.165) is 76.4 Å². The summed E-state index contributed by atoms with van der Waals surface area (Å²) in [5.41, 5.74) is 2.47. The van der Waals surface area contributed by atoms with Gasteiger partial charge in [-0.3, -0.25) is 0 Å². The number of rotatable bonds is 22. The first-order valence-corrected chi connectivity index (χ1v) is 18.0. The highest BCUT2D eigenvalue weighted by atomic mass is 32.1. The molecule has 49 heavy (non-hydrogen) atoms. The Morgan fingerprint density at radius 2 is 1.35 bits per heavy atom. The number of ether oxygens (including phenoxy) is 3. The van der Waals surface area contributed by atoms with E-state index >= 15 is 0 Å². The molecule has 11 nitrogen and oxygen atoms in total. The number of carbonyl (C=O) groups excluding carboxylic acids is 2. The number of esters is 2. The molecule has 2 heterocycles. The van der Waals surface area contributed by atoms with Crippen LogP contribution >= 0.6 is 22.7 Å². The molecule has 0 radical (unpaired) electrons. The van der Waals surface area contributed by atoms with Crippen molar-refractivity contribution in [1.82, 2.24) is 4.98 Å². The van der Waals surface area contributed by atoms with Gasteiger partial charge in [-0.15, -0.1) is 20.5 Å². The second-order valence-electron chi connectivity index (χ2n) is 10.8. The highest BCUT2D eigenvalue weighted by Crippen LogP contribution is 2.39. The van der Waals surface area contributed by atoms with Gasteiger partial charge in [-0.05, 0) is 74.4 Å². The van der Waals surface area contributed by atoms with E-state index in [1.165, 1.54) is 41.6 Å². The number of thiophene rings is 1. The number of fused-ring (bicyclic) bond motifs is 1. The number of carbonyl (C=O) groups is 2.